The lowest BCUT2D eigenvalue weighted by atomic mass is 10.1. The van der Waals surface area contributed by atoms with Crippen LogP contribution in [0.5, 0.6) is 0 Å². The summed E-state index contributed by atoms with van der Waals surface area (Å²) < 4.78 is 0. The Bertz CT molecular complexity index is 342. The first-order chi connectivity index (χ1) is 6.66. The zero-order chi connectivity index (χ0) is 10.1. The number of hydrogen-bond donors (Lipinski definition) is 2. The van der Waals surface area contributed by atoms with E-state index in [1.807, 2.05) is 6.92 Å². The molecule has 0 spiro atoms. The molecule has 1 unspecified atom stereocenters. The maximum Gasteiger partial charge on any atom is 0.248 e. The van der Waals surface area contributed by atoms with E-state index in [1.54, 1.807) is 6.92 Å². The Morgan fingerprint density at radius 3 is 2.86 bits per heavy atom. The SMILES string of the molecule is Cc1nc(NC(=O)C(C)C2CC2)n[nH]1. The van der Waals surface area contributed by atoms with Crippen LogP contribution < -0.4 is 5.32 Å². The molecule has 0 aliphatic heterocycles. The van der Waals surface area contributed by atoms with E-state index >= 15 is 0 Å². The third kappa shape index (κ3) is 1.92. The summed E-state index contributed by atoms with van der Waals surface area (Å²) in [5, 5.41) is 9.22. The highest BCUT2D eigenvalue weighted by Crippen LogP contribution is 2.36. The minimum atomic E-state index is 0.0199. The van der Waals surface area contributed by atoms with Crippen molar-refractivity contribution in [3.8, 4) is 0 Å². The lowest BCUT2D eigenvalue weighted by Crippen LogP contribution is -2.22. The summed E-state index contributed by atoms with van der Waals surface area (Å²) >= 11 is 0. The van der Waals surface area contributed by atoms with E-state index < -0.39 is 0 Å². The molecule has 0 radical (unpaired) electrons. The van der Waals surface area contributed by atoms with Crippen LogP contribution in [0.4, 0.5) is 5.95 Å². The second kappa shape index (κ2) is 3.40. The number of anilines is 1. The molecular weight excluding hydrogens is 180 g/mol. The maximum atomic E-state index is 11.6. The van der Waals surface area contributed by atoms with Crippen molar-refractivity contribution in [1.29, 1.82) is 0 Å². The van der Waals surface area contributed by atoms with Crippen molar-refractivity contribution < 1.29 is 4.79 Å². The number of nitrogens with one attached hydrogen (secondary N) is 2. The molecule has 14 heavy (non-hydrogen) atoms. The summed E-state index contributed by atoms with van der Waals surface area (Å²) in [5.74, 6) is 1.75. The van der Waals surface area contributed by atoms with Gasteiger partial charge in [0, 0.05) is 5.92 Å². The molecule has 5 nitrogen and oxygen atoms in total. The third-order valence-electron chi connectivity index (χ3n) is 2.57. The molecule has 2 rings (SSSR count). The number of carbonyl (C=O) groups is 1. The monoisotopic (exact) mass is 194 g/mol. The molecule has 1 heterocycles. The van der Waals surface area contributed by atoms with Gasteiger partial charge < -0.3 is 0 Å². The normalized spacial score (nSPS) is 17.9. The van der Waals surface area contributed by atoms with Crippen LogP contribution in [0.25, 0.3) is 0 Å². The van der Waals surface area contributed by atoms with Crippen molar-refractivity contribution >= 4 is 11.9 Å². The minimum absolute atomic E-state index is 0.0199. The summed E-state index contributed by atoms with van der Waals surface area (Å²) in [5.41, 5.74) is 0. The molecular formula is C9H14N4O. The van der Waals surface area contributed by atoms with Crippen molar-refractivity contribution in [2.24, 2.45) is 11.8 Å². The maximum absolute atomic E-state index is 11.6. The largest absolute Gasteiger partial charge is 0.293 e. The Labute approximate surface area is 82.3 Å². The Morgan fingerprint density at radius 2 is 2.36 bits per heavy atom. The number of rotatable bonds is 3. The van der Waals surface area contributed by atoms with E-state index in [-0.39, 0.29) is 11.8 Å². The summed E-state index contributed by atoms with van der Waals surface area (Å²) in [7, 11) is 0. The van der Waals surface area contributed by atoms with Crippen LogP contribution in [0, 0.1) is 18.8 Å². The van der Waals surface area contributed by atoms with Gasteiger partial charge in [0.1, 0.15) is 5.82 Å². The fraction of sp³-hybridized carbons (Fsp3) is 0.667. The lowest BCUT2D eigenvalue weighted by molar-refractivity contribution is -0.120. The van der Waals surface area contributed by atoms with Crippen LogP contribution in [0.1, 0.15) is 25.6 Å². The molecule has 2 N–H and O–H groups in total. The third-order valence-corrected chi connectivity index (χ3v) is 2.57. The van der Waals surface area contributed by atoms with E-state index in [4.69, 9.17) is 0 Å². The number of H-pyrrole nitrogens is 1. The molecule has 0 saturated heterocycles. The number of nitrogens with zero attached hydrogens (tertiary/aromatic N) is 2. The van der Waals surface area contributed by atoms with Crippen molar-refractivity contribution in [2.75, 3.05) is 5.32 Å². The van der Waals surface area contributed by atoms with Crippen LogP contribution in [0.15, 0.2) is 0 Å². The Morgan fingerprint density at radius 1 is 1.64 bits per heavy atom. The van der Waals surface area contributed by atoms with E-state index in [9.17, 15) is 4.79 Å². The summed E-state index contributed by atoms with van der Waals surface area (Å²) in [4.78, 5) is 15.6. The number of carbonyl (C=O) groups excluding carboxylic acids is 1. The molecule has 1 amide bonds. The number of amides is 1. The van der Waals surface area contributed by atoms with Crippen molar-refractivity contribution in [3.63, 3.8) is 0 Å². The Balaban J connectivity index is 1.93. The van der Waals surface area contributed by atoms with Gasteiger partial charge in [-0.25, -0.2) is 0 Å². The number of hydrogen-bond acceptors (Lipinski definition) is 3. The molecule has 1 atom stereocenters. The molecule has 1 aromatic heterocycles. The van der Waals surface area contributed by atoms with Gasteiger partial charge in [-0.05, 0) is 25.7 Å². The number of aryl methyl sites for hydroxylation is 1. The van der Waals surface area contributed by atoms with Gasteiger partial charge in [0.05, 0.1) is 0 Å². The topological polar surface area (TPSA) is 70.7 Å². The van der Waals surface area contributed by atoms with E-state index in [0.717, 1.165) is 0 Å². The summed E-state index contributed by atoms with van der Waals surface area (Å²) in [6.07, 6.45) is 2.34. The molecule has 5 heteroatoms. The van der Waals surface area contributed by atoms with Gasteiger partial charge in [0.25, 0.3) is 0 Å². The van der Waals surface area contributed by atoms with Crippen molar-refractivity contribution in [3.05, 3.63) is 5.82 Å². The molecule has 76 valence electrons. The zero-order valence-corrected chi connectivity index (χ0v) is 8.37. The molecule has 1 saturated carbocycles. The fourth-order valence-electron chi connectivity index (χ4n) is 1.43. The standard InChI is InChI=1S/C9H14N4O/c1-5(7-3-4-7)8(14)11-9-10-6(2)12-13-9/h5,7H,3-4H2,1-2H3,(H2,10,11,12,13,14). The molecule has 0 aromatic carbocycles. The average molecular weight is 194 g/mol. The highest BCUT2D eigenvalue weighted by Gasteiger charge is 2.32. The van der Waals surface area contributed by atoms with Crippen LogP contribution in [0.2, 0.25) is 0 Å². The zero-order valence-electron chi connectivity index (χ0n) is 8.37. The van der Waals surface area contributed by atoms with Gasteiger partial charge in [0.15, 0.2) is 0 Å². The average Bonchev–Trinajstić information content (AvgIpc) is 2.91. The van der Waals surface area contributed by atoms with Crippen LogP contribution in [-0.2, 0) is 4.79 Å². The molecule has 1 aliphatic rings. The van der Waals surface area contributed by atoms with Gasteiger partial charge in [-0.2, -0.15) is 4.98 Å². The Kier molecular flexibility index (Phi) is 2.23. The quantitative estimate of drug-likeness (QED) is 0.756. The van der Waals surface area contributed by atoms with Crippen LogP contribution in [0.3, 0.4) is 0 Å². The summed E-state index contributed by atoms with van der Waals surface area (Å²) in [6, 6.07) is 0. The highest BCUT2D eigenvalue weighted by molar-refractivity contribution is 5.91. The number of aromatic nitrogens is 3. The summed E-state index contributed by atoms with van der Waals surface area (Å²) in [6.45, 7) is 3.75. The van der Waals surface area contributed by atoms with Gasteiger partial charge in [0.2, 0.25) is 11.9 Å². The van der Waals surface area contributed by atoms with Crippen molar-refractivity contribution in [2.45, 2.75) is 26.7 Å². The van der Waals surface area contributed by atoms with Gasteiger partial charge in [-0.3, -0.25) is 15.2 Å². The smallest absolute Gasteiger partial charge is 0.248 e. The first-order valence-corrected chi connectivity index (χ1v) is 4.86. The van der Waals surface area contributed by atoms with E-state index in [1.165, 1.54) is 12.8 Å². The molecule has 1 aliphatic carbocycles. The second-order valence-electron chi connectivity index (χ2n) is 3.86. The fourth-order valence-corrected chi connectivity index (χ4v) is 1.43. The number of aromatic amines is 1. The highest BCUT2D eigenvalue weighted by atomic mass is 16.2. The second-order valence-corrected chi connectivity index (χ2v) is 3.86. The van der Waals surface area contributed by atoms with E-state index in [2.05, 4.69) is 20.5 Å². The first kappa shape index (κ1) is 9.18. The molecule has 0 bridgehead atoms. The predicted molar refractivity (Wildman–Crippen MR) is 51.6 cm³/mol. The van der Waals surface area contributed by atoms with Crippen molar-refractivity contribution in [1.82, 2.24) is 15.2 Å². The predicted octanol–water partition coefficient (Wildman–Crippen LogP) is 1.10. The van der Waals surface area contributed by atoms with Gasteiger partial charge in [-0.15, -0.1) is 5.10 Å². The lowest BCUT2D eigenvalue weighted by Gasteiger charge is -2.07. The minimum Gasteiger partial charge on any atom is -0.293 e. The first-order valence-electron chi connectivity index (χ1n) is 4.86. The Hall–Kier alpha value is -1.39. The van der Waals surface area contributed by atoms with E-state index in [0.29, 0.717) is 17.7 Å². The van der Waals surface area contributed by atoms with Crippen LogP contribution >= 0.6 is 0 Å². The molecule has 1 aromatic rings. The van der Waals surface area contributed by atoms with Gasteiger partial charge in [-0.1, -0.05) is 6.92 Å². The van der Waals surface area contributed by atoms with Gasteiger partial charge >= 0.3 is 0 Å². The molecule has 1 fully saturated rings. The van der Waals surface area contributed by atoms with Crippen LogP contribution in [-0.4, -0.2) is 21.1 Å².